The fourth-order valence-electron chi connectivity index (χ4n) is 7.24. The number of carbonyl (C=O) groups excluding carboxylic acids is 1. The van der Waals surface area contributed by atoms with Gasteiger partial charge in [0.05, 0.1) is 17.9 Å². The number of rotatable bonds is 4. The van der Waals surface area contributed by atoms with Gasteiger partial charge in [0.15, 0.2) is 0 Å². The lowest BCUT2D eigenvalue weighted by Gasteiger charge is -2.30. The van der Waals surface area contributed by atoms with Crippen molar-refractivity contribution in [3.63, 3.8) is 0 Å². The fraction of sp³-hybridized carbons (Fsp3) is 0.559. The van der Waals surface area contributed by atoms with Crippen LogP contribution in [0.3, 0.4) is 0 Å². The van der Waals surface area contributed by atoms with E-state index in [0.717, 1.165) is 29.2 Å². The summed E-state index contributed by atoms with van der Waals surface area (Å²) in [5.74, 6) is 1.38. The monoisotopic (exact) mass is 524 g/mol. The number of anilines is 1. The molecule has 0 unspecified atom stereocenters. The summed E-state index contributed by atoms with van der Waals surface area (Å²) in [5, 5.41) is 9.59. The highest BCUT2D eigenvalue weighted by Crippen LogP contribution is 2.42. The standard InChI is InChI=1S/C34H44N4O/c39-32(23-26-15-7-3-1-4-8-16-26)37-25-28-19-11-12-20-29(28)34-33(30-21-13-14-22-31(30)37)35-36-38(34)24-27-17-9-5-2-6-10-18-27/h11-14,19-22,26-27H,1-10,15-18,23-25H2. The highest BCUT2D eigenvalue weighted by Gasteiger charge is 2.30. The van der Waals surface area contributed by atoms with Crippen LogP contribution in [-0.4, -0.2) is 20.9 Å². The van der Waals surface area contributed by atoms with E-state index in [4.69, 9.17) is 10.3 Å². The number of fused-ring (bicyclic) bond motifs is 5. The summed E-state index contributed by atoms with van der Waals surface area (Å²) >= 11 is 0. The van der Waals surface area contributed by atoms with Crippen LogP contribution in [0, 0.1) is 11.8 Å². The highest BCUT2D eigenvalue weighted by atomic mass is 16.2. The molecule has 5 heteroatoms. The van der Waals surface area contributed by atoms with E-state index in [2.05, 4.69) is 53.2 Å². The van der Waals surface area contributed by atoms with Crippen LogP contribution in [0.4, 0.5) is 5.69 Å². The Kier molecular flexibility index (Phi) is 8.41. The average molecular weight is 525 g/mol. The molecule has 0 N–H and O–H groups in total. The van der Waals surface area contributed by atoms with E-state index >= 15 is 0 Å². The number of hydrogen-bond acceptors (Lipinski definition) is 3. The predicted molar refractivity (Wildman–Crippen MR) is 158 cm³/mol. The zero-order chi connectivity index (χ0) is 26.4. The Bertz CT molecular complexity index is 1250. The van der Waals surface area contributed by atoms with E-state index in [1.54, 1.807) is 0 Å². The lowest BCUT2D eigenvalue weighted by molar-refractivity contribution is -0.119. The molecule has 0 saturated heterocycles. The third-order valence-corrected chi connectivity index (χ3v) is 9.43. The number of para-hydroxylation sites is 1. The van der Waals surface area contributed by atoms with Crippen LogP contribution in [0.1, 0.15) is 102 Å². The van der Waals surface area contributed by atoms with Crippen LogP contribution in [0.25, 0.3) is 22.5 Å². The third kappa shape index (κ3) is 5.97. The maximum atomic E-state index is 14.0. The molecular formula is C34H44N4O. The maximum absolute atomic E-state index is 14.0. The van der Waals surface area contributed by atoms with Crippen LogP contribution < -0.4 is 4.90 Å². The minimum Gasteiger partial charge on any atom is -0.307 e. The number of hydrogen-bond donors (Lipinski definition) is 0. The van der Waals surface area contributed by atoms with Crippen LogP contribution >= 0.6 is 0 Å². The molecule has 2 saturated carbocycles. The van der Waals surface area contributed by atoms with E-state index in [-0.39, 0.29) is 5.91 Å². The molecule has 39 heavy (non-hydrogen) atoms. The third-order valence-electron chi connectivity index (χ3n) is 9.43. The van der Waals surface area contributed by atoms with Gasteiger partial charge in [0.25, 0.3) is 0 Å². The first kappa shape index (κ1) is 26.3. The second kappa shape index (κ2) is 12.5. The molecule has 3 aromatic rings. The van der Waals surface area contributed by atoms with Crippen LogP contribution in [0.2, 0.25) is 0 Å². The molecule has 1 amide bonds. The maximum Gasteiger partial charge on any atom is 0.227 e. The summed E-state index contributed by atoms with van der Waals surface area (Å²) in [6, 6.07) is 17.0. The summed E-state index contributed by atoms with van der Waals surface area (Å²) in [7, 11) is 0. The van der Waals surface area contributed by atoms with E-state index in [0.29, 0.717) is 24.8 Å². The van der Waals surface area contributed by atoms with Gasteiger partial charge in [0.2, 0.25) is 5.91 Å². The second-order valence-corrected chi connectivity index (χ2v) is 12.2. The summed E-state index contributed by atoms with van der Waals surface area (Å²) in [6.45, 7) is 1.51. The first-order chi connectivity index (χ1) is 19.3. The van der Waals surface area contributed by atoms with Gasteiger partial charge in [-0.15, -0.1) is 5.10 Å². The Morgan fingerprint density at radius 1 is 0.718 bits per heavy atom. The SMILES string of the molecule is O=C(CC1CCCCCCC1)N1Cc2ccccc2-c2c(nnn2CC2CCCCCCC2)-c2ccccc21. The molecule has 2 aliphatic carbocycles. The molecule has 0 radical (unpaired) electrons. The lowest BCUT2D eigenvalue weighted by atomic mass is 9.88. The predicted octanol–water partition coefficient (Wildman–Crippen LogP) is 8.57. The topological polar surface area (TPSA) is 51.0 Å². The minimum atomic E-state index is 0.244. The van der Waals surface area contributed by atoms with Crippen LogP contribution in [0.5, 0.6) is 0 Å². The zero-order valence-corrected chi connectivity index (χ0v) is 23.5. The summed E-state index contributed by atoms with van der Waals surface area (Å²) in [4.78, 5) is 16.1. The van der Waals surface area contributed by atoms with Crippen molar-refractivity contribution in [3.8, 4) is 22.5 Å². The quantitative estimate of drug-likeness (QED) is 0.343. The molecule has 0 atom stereocenters. The van der Waals surface area contributed by atoms with Gasteiger partial charge >= 0.3 is 0 Å². The number of benzene rings is 2. The first-order valence-electron chi connectivity index (χ1n) is 15.7. The van der Waals surface area contributed by atoms with Crippen LogP contribution in [-0.2, 0) is 17.9 Å². The smallest absolute Gasteiger partial charge is 0.227 e. The van der Waals surface area contributed by atoms with Gasteiger partial charge in [0.1, 0.15) is 5.69 Å². The lowest BCUT2D eigenvalue weighted by Crippen LogP contribution is -2.33. The molecule has 3 aliphatic rings. The van der Waals surface area contributed by atoms with E-state index < -0.39 is 0 Å². The molecule has 206 valence electrons. The van der Waals surface area contributed by atoms with Gasteiger partial charge in [-0.1, -0.05) is 112 Å². The Balaban J connectivity index is 1.36. The number of nitrogens with zero attached hydrogens (tertiary/aromatic N) is 4. The van der Waals surface area contributed by atoms with Crippen molar-refractivity contribution in [2.24, 2.45) is 11.8 Å². The average Bonchev–Trinajstić information content (AvgIpc) is 3.32. The van der Waals surface area contributed by atoms with Crippen LogP contribution in [0.15, 0.2) is 48.5 Å². The Morgan fingerprint density at radius 3 is 2.03 bits per heavy atom. The van der Waals surface area contributed by atoms with Gasteiger partial charge in [0, 0.05) is 24.1 Å². The normalized spacial score (nSPS) is 19.3. The van der Waals surface area contributed by atoms with E-state index in [1.165, 1.54) is 101 Å². The molecule has 0 spiro atoms. The minimum absolute atomic E-state index is 0.244. The molecule has 2 fully saturated rings. The van der Waals surface area contributed by atoms with E-state index in [1.807, 2.05) is 4.90 Å². The first-order valence-corrected chi connectivity index (χ1v) is 15.7. The molecule has 2 aromatic carbocycles. The molecular weight excluding hydrogens is 480 g/mol. The molecule has 2 heterocycles. The number of carbonyl (C=O) groups is 1. The Labute approximate surface area is 234 Å². The molecule has 0 bridgehead atoms. The van der Waals surface area contributed by atoms with Crippen molar-refractivity contribution < 1.29 is 4.79 Å². The van der Waals surface area contributed by atoms with E-state index in [9.17, 15) is 4.79 Å². The van der Waals surface area contributed by atoms with Crippen molar-refractivity contribution in [1.29, 1.82) is 0 Å². The van der Waals surface area contributed by atoms with Crippen molar-refractivity contribution in [2.75, 3.05) is 4.90 Å². The van der Waals surface area contributed by atoms with Gasteiger partial charge < -0.3 is 4.90 Å². The van der Waals surface area contributed by atoms with Crippen molar-refractivity contribution in [3.05, 3.63) is 54.1 Å². The Hall–Kier alpha value is -2.95. The zero-order valence-electron chi connectivity index (χ0n) is 23.5. The fourth-order valence-corrected chi connectivity index (χ4v) is 7.24. The van der Waals surface area contributed by atoms with Crippen molar-refractivity contribution >= 4 is 11.6 Å². The summed E-state index contributed by atoms with van der Waals surface area (Å²) < 4.78 is 2.18. The second-order valence-electron chi connectivity index (χ2n) is 12.2. The number of aromatic nitrogens is 3. The summed E-state index contributed by atoms with van der Waals surface area (Å²) in [5.41, 5.74) is 6.38. The van der Waals surface area contributed by atoms with Crippen molar-refractivity contribution in [1.82, 2.24) is 15.0 Å². The number of amides is 1. The van der Waals surface area contributed by atoms with Gasteiger partial charge in [-0.3, -0.25) is 4.79 Å². The molecule has 5 nitrogen and oxygen atoms in total. The largest absolute Gasteiger partial charge is 0.307 e. The molecule has 6 rings (SSSR count). The van der Waals surface area contributed by atoms with Gasteiger partial charge in [-0.2, -0.15) is 0 Å². The highest BCUT2D eigenvalue weighted by molar-refractivity contribution is 6.00. The Morgan fingerprint density at radius 2 is 1.31 bits per heavy atom. The molecule has 1 aliphatic heterocycles. The van der Waals surface area contributed by atoms with Crippen molar-refractivity contribution in [2.45, 2.75) is 109 Å². The van der Waals surface area contributed by atoms with Gasteiger partial charge in [-0.25, -0.2) is 4.68 Å². The summed E-state index contributed by atoms with van der Waals surface area (Å²) in [6.07, 6.45) is 18.7. The van der Waals surface area contributed by atoms with Gasteiger partial charge in [-0.05, 0) is 49.1 Å². The molecule has 1 aromatic heterocycles.